The molecule has 0 heterocycles. The van der Waals surface area contributed by atoms with E-state index in [1.807, 2.05) is 13.8 Å². The molecule has 1 rings (SSSR count). The van der Waals surface area contributed by atoms with Gasteiger partial charge in [-0.25, -0.2) is 0 Å². The van der Waals surface area contributed by atoms with Crippen molar-refractivity contribution in [1.82, 2.24) is 4.90 Å². The molecule has 0 aliphatic rings. The third kappa shape index (κ3) is 5.97. The molecule has 1 N–H and O–H groups in total. The first kappa shape index (κ1) is 17.8. The summed E-state index contributed by atoms with van der Waals surface area (Å²) in [7, 11) is 0. The topological polar surface area (TPSA) is 40.5 Å². The maximum absolute atomic E-state index is 12.3. The average Bonchev–Trinajstić information content (AvgIpc) is 2.37. The summed E-state index contributed by atoms with van der Waals surface area (Å²) in [6.07, 6.45) is 0.464. The molecule has 0 aliphatic carbocycles. The molecule has 0 aliphatic heterocycles. The number of carbonyl (C=O) groups is 1. The highest BCUT2D eigenvalue weighted by molar-refractivity contribution is 8.00. The largest absolute Gasteiger partial charge is 0.446 e. The van der Waals surface area contributed by atoms with Gasteiger partial charge in [0.05, 0.1) is 0 Å². The molecule has 0 spiro atoms. The molecule has 0 unspecified atom stereocenters. The number of alkyl halides is 3. The molecule has 7 heteroatoms. The Hall–Kier alpha value is -1.21. The van der Waals surface area contributed by atoms with Crippen LogP contribution in [0.15, 0.2) is 29.2 Å². The van der Waals surface area contributed by atoms with E-state index in [1.165, 1.54) is 24.3 Å². The quantitative estimate of drug-likeness (QED) is 0.815. The van der Waals surface area contributed by atoms with Crippen molar-refractivity contribution >= 4 is 17.7 Å². The summed E-state index contributed by atoms with van der Waals surface area (Å²) in [4.78, 5) is 13.9. The summed E-state index contributed by atoms with van der Waals surface area (Å²) in [6, 6.07) is 5.31. The van der Waals surface area contributed by atoms with Crippen molar-refractivity contribution in [1.29, 1.82) is 0 Å². The van der Waals surface area contributed by atoms with Crippen molar-refractivity contribution in [3.05, 3.63) is 29.8 Å². The smallest absolute Gasteiger partial charge is 0.396 e. The first-order valence-electron chi connectivity index (χ1n) is 6.52. The van der Waals surface area contributed by atoms with E-state index < -0.39 is 5.51 Å². The molecule has 0 fully saturated rings. The van der Waals surface area contributed by atoms with Crippen molar-refractivity contribution in [2.45, 2.75) is 36.7 Å². The highest BCUT2D eigenvalue weighted by Gasteiger charge is 2.29. The van der Waals surface area contributed by atoms with Crippen LogP contribution in [-0.4, -0.2) is 40.6 Å². The zero-order valence-electron chi connectivity index (χ0n) is 11.9. The van der Waals surface area contributed by atoms with E-state index in [9.17, 15) is 18.0 Å². The molecule has 1 amide bonds. The van der Waals surface area contributed by atoms with Crippen LogP contribution in [0.25, 0.3) is 0 Å². The number of aliphatic hydroxyl groups is 1. The number of hydrogen-bond donors (Lipinski definition) is 1. The van der Waals surface area contributed by atoms with Crippen molar-refractivity contribution in [3.8, 4) is 0 Å². The summed E-state index contributed by atoms with van der Waals surface area (Å²) in [5.74, 6) is -0.248. The second-order valence-electron chi connectivity index (χ2n) is 4.74. The summed E-state index contributed by atoms with van der Waals surface area (Å²) < 4.78 is 36.7. The van der Waals surface area contributed by atoms with Crippen LogP contribution in [0.4, 0.5) is 13.2 Å². The van der Waals surface area contributed by atoms with Crippen molar-refractivity contribution in [3.63, 3.8) is 0 Å². The molecular formula is C14H18F3NO2S. The van der Waals surface area contributed by atoms with Gasteiger partial charge in [0.1, 0.15) is 0 Å². The molecule has 0 bridgehead atoms. The predicted molar refractivity (Wildman–Crippen MR) is 76.2 cm³/mol. The van der Waals surface area contributed by atoms with E-state index in [1.54, 1.807) is 4.90 Å². The van der Waals surface area contributed by atoms with Gasteiger partial charge in [-0.1, -0.05) is 0 Å². The van der Waals surface area contributed by atoms with Crippen molar-refractivity contribution in [2.24, 2.45) is 0 Å². The second-order valence-corrected chi connectivity index (χ2v) is 5.88. The highest BCUT2D eigenvalue weighted by Crippen LogP contribution is 2.36. The van der Waals surface area contributed by atoms with Gasteiger partial charge in [-0.15, -0.1) is 0 Å². The Balaban J connectivity index is 2.81. The average molecular weight is 321 g/mol. The Morgan fingerprint density at radius 3 is 2.29 bits per heavy atom. The summed E-state index contributed by atoms with van der Waals surface area (Å²) in [5.41, 5.74) is -4.00. The fourth-order valence-corrected chi connectivity index (χ4v) is 2.34. The minimum atomic E-state index is -4.34. The lowest BCUT2D eigenvalue weighted by Gasteiger charge is -2.26. The summed E-state index contributed by atoms with van der Waals surface area (Å²) in [6.45, 7) is 4.09. The number of halogens is 3. The maximum Gasteiger partial charge on any atom is 0.446 e. The van der Waals surface area contributed by atoms with Crippen LogP contribution >= 0.6 is 11.8 Å². The SMILES string of the molecule is CC(C)N(CCCO)C(=O)c1ccc(SC(F)(F)F)cc1. The third-order valence-corrected chi connectivity index (χ3v) is 3.52. The van der Waals surface area contributed by atoms with E-state index in [-0.39, 0.29) is 35.2 Å². The van der Waals surface area contributed by atoms with Gasteiger partial charge >= 0.3 is 5.51 Å². The van der Waals surface area contributed by atoms with Gasteiger partial charge < -0.3 is 10.0 Å². The standard InChI is InChI=1S/C14H18F3NO2S/c1-10(2)18(8-3-9-19)13(20)11-4-6-12(7-5-11)21-14(15,16)17/h4-7,10,19H,3,8-9H2,1-2H3. The molecular weight excluding hydrogens is 303 g/mol. The number of rotatable bonds is 6. The van der Waals surface area contributed by atoms with Crippen LogP contribution in [0.5, 0.6) is 0 Å². The summed E-state index contributed by atoms with van der Waals surface area (Å²) in [5, 5.41) is 8.85. The molecule has 1 aromatic carbocycles. The van der Waals surface area contributed by atoms with E-state index >= 15 is 0 Å². The number of carbonyl (C=O) groups excluding carboxylic acids is 1. The monoisotopic (exact) mass is 321 g/mol. The van der Waals surface area contributed by atoms with Gasteiger partial charge in [-0.05, 0) is 56.3 Å². The zero-order valence-corrected chi connectivity index (χ0v) is 12.7. The van der Waals surface area contributed by atoms with E-state index in [0.29, 0.717) is 18.5 Å². The Morgan fingerprint density at radius 2 is 1.86 bits per heavy atom. The Morgan fingerprint density at radius 1 is 1.29 bits per heavy atom. The maximum atomic E-state index is 12.3. The van der Waals surface area contributed by atoms with E-state index in [0.717, 1.165) is 0 Å². The lowest BCUT2D eigenvalue weighted by Crippen LogP contribution is -2.38. The first-order chi connectivity index (χ1) is 9.74. The van der Waals surface area contributed by atoms with Crippen LogP contribution < -0.4 is 0 Å². The van der Waals surface area contributed by atoms with E-state index in [2.05, 4.69) is 0 Å². The first-order valence-corrected chi connectivity index (χ1v) is 7.34. The summed E-state index contributed by atoms with van der Waals surface area (Å²) >= 11 is -0.208. The van der Waals surface area contributed by atoms with Gasteiger partial charge in [0.25, 0.3) is 5.91 Å². The lowest BCUT2D eigenvalue weighted by atomic mass is 10.1. The molecule has 0 aromatic heterocycles. The van der Waals surface area contributed by atoms with Crippen molar-refractivity contribution < 1.29 is 23.1 Å². The minimum absolute atomic E-state index is 0.0162. The number of benzene rings is 1. The minimum Gasteiger partial charge on any atom is -0.396 e. The highest BCUT2D eigenvalue weighted by atomic mass is 32.2. The Labute approximate surface area is 126 Å². The molecule has 3 nitrogen and oxygen atoms in total. The molecule has 1 aromatic rings. The number of amides is 1. The van der Waals surface area contributed by atoms with Crippen molar-refractivity contribution in [2.75, 3.05) is 13.2 Å². The van der Waals surface area contributed by atoms with Gasteiger partial charge in [0.2, 0.25) is 0 Å². The fourth-order valence-electron chi connectivity index (χ4n) is 1.80. The second kappa shape index (κ2) is 7.70. The molecule has 0 radical (unpaired) electrons. The lowest BCUT2D eigenvalue weighted by molar-refractivity contribution is -0.0328. The Bertz CT molecular complexity index is 460. The number of hydrogen-bond acceptors (Lipinski definition) is 3. The number of thioether (sulfide) groups is 1. The van der Waals surface area contributed by atoms with Crippen LogP contribution in [-0.2, 0) is 0 Å². The Kier molecular flexibility index (Phi) is 6.54. The van der Waals surface area contributed by atoms with Gasteiger partial charge in [-0.3, -0.25) is 4.79 Å². The van der Waals surface area contributed by atoms with Gasteiger partial charge in [0, 0.05) is 29.7 Å². The number of nitrogens with zero attached hydrogens (tertiary/aromatic N) is 1. The van der Waals surface area contributed by atoms with Gasteiger partial charge in [-0.2, -0.15) is 13.2 Å². The van der Waals surface area contributed by atoms with E-state index in [4.69, 9.17) is 5.11 Å². The third-order valence-electron chi connectivity index (χ3n) is 2.78. The molecule has 118 valence electrons. The molecule has 0 atom stereocenters. The normalized spacial score (nSPS) is 11.8. The van der Waals surface area contributed by atoms with Crippen LogP contribution in [0, 0.1) is 0 Å². The predicted octanol–water partition coefficient (Wildman–Crippen LogP) is 3.53. The van der Waals surface area contributed by atoms with Crippen LogP contribution in [0.3, 0.4) is 0 Å². The van der Waals surface area contributed by atoms with Gasteiger partial charge in [0.15, 0.2) is 0 Å². The fraction of sp³-hybridized carbons (Fsp3) is 0.500. The van der Waals surface area contributed by atoms with Crippen LogP contribution in [0.1, 0.15) is 30.6 Å². The molecule has 0 saturated heterocycles. The van der Waals surface area contributed by atoms with Crippen LogP contribution in [0.2, 0.25) is 0 Å². The molecule has 0 saturated carbocycles. The zero-order chi connectivity index (χ0) is 16.0. The number of aliphatic hydroxyl groups excluding tert-OH is 1. The molecule has 21 heavy (non-hydrogen) atoms.